The quantitative estimate of drug-likeness (QED) is 0.699. The number of piperidine rings is 1. The smallest absolute Gasteiger partial charge is 0.282 e. The minimum atomic E-state index is -1.01. The van der Waals surface area contributed by atoms with Gasteiger partial charge in [-0.3, -0.25) is 9.59 Å². The molecule has 0 aromatic heterocycles. The number of likely N-dealkylation sites (N-methyl/N-ethyl adjacent to an activating group) is 1. The van der Waals surface area contributed by atoms with Crippen LogP contribution in [-0.4, -0.2) is 54.8 Å². The van der Waals surface area contributed by atoms with Crippen LogP contribution < -0.4 is 4.90 Å². The van der Waals surface area contributed by atoms with Gasteiger partial charge in [0.2, 0.25) is 0 Å². The lowest BCUT2D eigenvalue weighted by atomic mass is 10.00. The number of hydrogen-bond acceptors (Lipinski definition) is 4. The zero-order chi connectivity index (χ0) is 22.3. The van der Waals surface area contributed by atoms with Crippen LogP contribution in [0, 0.1) is 17.5 Å². The molecular formula is C23H22F3N3O2. The summed E-state index contributed by atoms with van der Waals surface area (Å²) >= 11 is 0. The lowest BCUT2D eigenvalue weighted by molar-refractivity contribution is -0.120. The highest BCUT2D eigenvalue weighted by Gasteiger charge is 2.44. The van der Waals surface area contributed by atoms with E-state index in [2.05, 4.69) is 4.90 Å². The van der Waals surface area contributed by atoms with Crippen LogP contribution in [0.3, 0.4) is 0 Å². The molecule has 2 aromatic carbocycles. The highest BCUT2D eigenvalue weighted by molar-refractivity contribution is 6.45. The number of amides is 2. The number of benzene rings is 2. The zero-order valence-corrected chi connectivity index (χ0v) is 17.2. The molecule has 0 saturated carbocycles. The van der Waals surface area contributed by atoms with E-state index in [4.69, 9.17) is 0 Å². The molecule has 1 saturated heterocycles. The molecule has 162 valence electrons. The average molecular weight is 429 g/mol. The molecule has 5 nitrogen and oxygen atoms in total. The Morgan fingerprint density at radius 3 is 2.13 bits per heavy atom. The predicted octanol–water partition coefficient (Wildman–Crippen LogP) is 3.41. The Morgan fingerprint density at radius 2 is 1.52 bits per heavy atom. The van der Waals surface area contributed by atoms with Crippen molar-refractivity contribution in [3.8, 4) is 0 Å². The largest absolute Gasteiger partial charge is 0.366 e. The van der Waals surface area contributed by atoms with Gasteiger partial charge in [-0.25, -0.2) is 18.1 Å². The summed E-state index contributed by atoms with van der Waals surface area (Å²) in [6, 6.07) is 7.95. The summed E-state index contributed by atoms with van der Waals surface area (Å²) in [7, 11) is 3.76. The van der Waals surface area contributed by atoms with Crippen molar-refractivity contribution in [3.05, 3.63) is 71.2 Å². The summed E-state index contributed by atoms with van der Waals surface area (Å²) in [6.45, 7) is 1.68. The van der Waals surface area contributed by atoms with Crippen molar-refractivity contribution in [2.75, 3.05) is 32.1 Å². The number of hydrogen-bond donors (Lipinski definition) is 0. The van der Waals surface area contributed by atoms with Crippen molar-refractivity contribution in [1.82, 2.24) is 9.80 Å². The SMILES string of the molecule is CN1CCC(N(C)C2=C(c3ccc(F)cc3)C(=O)N(c3ccc(F)cc3F)C2=O)CC1. The summed E-state index contributed by atoms with van der Waals surface area (Å²) in [5.74, 6) is -3.71. The first-order chi connectivity index (χ1) is 14.8. The van der Waals surface area contributed by atoms with Gasteiger partial charge in [-0.1, -0.05) is 12.1 Å². The van der Waals surface area contributed by atoms with Gasteiger partial charge in [0.1, 0.15) is 23.1 Å². The van der Waals surface area contributed by atoms with Crippen molar-refractivity contribution in [2.24, 2.45) is 0 Å². The normalized spacial score (nSPS) is 18.3. The first kappa shape index (κ1) is 21.1. The van der Waals surface area contributed by atoms with Crippen LogP contribution in [0.1, 0.15) is 18.4 Å². The van der Waals surface area contributed by atoms with Gasteiger partial charge in [0, 0.05) is 19.2 Å². The standard InChI is InChI=1S/C23H22F3N3O2/c1-27-11-9-17(10-12-27)28(2)21-20(14-3-5-15(24)6-4-14)22(30)29(23(21)31)19-8-7-16(25)13-18(19)26/h3-8,13,17H,9-12H2,1-2H3. The van der Waals surface area contributed by atoms with Gasteiger partial charge in [0.05, 0.1) is 11.3 Å². The minimum Gasteiger partial charge on any atom is -0.366 e. The zero-order valence-electron chi connectivity index (χ0n) is 17.2. The van der Waals surface area contributed by atoms with E-state index in [-0.39, 0.29) is 23.0 Å². The fourth-order valence-electron chi connectivity index (χ4n) is 4.17. The molecule has 1 fully saturated rings. The van der Waals surface area contributed by atoms with Gasteiger partial charge in [0.25, 0.3) is 11.8 Å². The molecule has 0 spiro atoms. The first-order valence-electron chi connectivity index (χ1n) is 10.0. The Hall–Kier alpha value is -3.13. The van der Waals surface area contributed by atoms with Crippen LogP contribution in [0.15, 0.2) is 48.2 Å². The molecule has 2 amide bonds. The van der Waals surface area contributed by atoms with E-state index >= 15 is 0 Å². The number of halogens is 3. The molecule has 2 aliphatic rings. The molecule has 0 radical (unpaired) electrons. The van der Waals surface area contributed by atoms with Gasteiger partial charge in [0.15, 0.2) is 0 Å². The van der Waals surface area contributed by atoms with E-state index in [0.29, 0.717) is 11.6 Å². The molecule has 4 rings (SSSR count). The number of likely N-dealkylation sites (tertiary alicyclic amines) is 1. The summed E-state index contributed by atoms with van der Waals surface area (Å²) in [6.07, 6.45) is 1.58. The summed E-state index contributed by atoms with van der Waals surface area (Å²) < 4.78 is 41.4. The Morgan fingerprint density at radius 1 is 0.903 bits per heavy atom. The molecule has 0 unspecified atom stereocenters. The van der Waals surface area contributed by atoms with Crippen molar-refractivity contribution < 1.29 is 22.8 Å². The highest BCUT2D eigenvalue weighted by Crippen LogP contribution is 2.37. The summed E-state index contributed by atoms with van der Waals surface area (Å²) in [5, 5.41) is 0. The molecular weight excluding hydrogens is 407 g/mol. The topological polar surface area (TPSA) is 43.9 Å². The average Bonchev–Trinajstić information content (AvgIpc) is 2.99. The number of nitrogens with zero attached hydrogens (tertiary/aromatic N) is 3. The molecule has 0 bridgehead atoms. The van der Waals surface area contributed by atoms with E-state index in [1.165, 1.54) is 24.3 Å². The minimum absolute atomic E-state index is 0.0106. The van der Waals surface area contributed by atoms with Crippen LogP contribution in [0.25, 0.3) is 5.57 Å². The number of rotatable bonds is 4. The molecule has 31 heavy (non-hydrogen) atoms. The molecule has 0 aliphatic carbocycles. The Balaban J connectivity index is 1.80. The summed E-state index contributed by atoms with van der Waals surface area (Å²) in [5.41, 5.74) is 0.257. The van der Waals surface area contributed by atoms with Gasteiger partial charge in [-0.15, -0.1) is 0 Å². The van der Waals surface area contributed by atoms with E-state index in [0.717, 1.165) is 43.0 Å². The van der Waals surface area contributed by atoms with Crippen molar-refractivity contribution in [3.63, 3.8) is 0 Å². The van der Waals surface area contributed by atoms with Crippen LogP contribution in [0.2, 0.25) is 0 Å². The van der Waals surface area contributed by atoms with Crippen molar-refractivity contribution in [1.29, 1.82) is 0 Å². The predicted molar refractivity (Wildman–Crippen MR) is 110 cm³/mol. The number of imide groups is 1. The third kappa shape index (κ3) is 3.83. The molecule has 2 aromatic rings. The van der Waals surface area contributed by atoms with Crippen LogP contribution >= 0.6 is 0 Å². The van der Waals surface area contributed by atoms with Crippen LogP contribution in [-0.2, 0) is 9.59 Å². The van der Waals surface area contributed by atoms with E-state index < -0.39 is 29.3 Å². The second-order valence-corrected chi connectivity index (χ2v) is 7.92. The second kappa shape index (κ2) is 8.19. The van der Waals surface area contributed by atoms with Gasteiger partial charge < -0.3 is 9.80 Å². The highest BCUT2D eigenvalue weighted by atomic mass is 19.1. The fraction of sp³-hybridized carbons (Fsp3) is 0.304. The first-order valence-corrected chi connectivity index (χ1v) is 10.0. The van der Waals surface area contributed by atoms with Gasteiger partial charge in [-0.05, 0) is 62.8 Å². The molecule has 0 atom stereocenters. The van der Waals surface area contributed by atoms with Crippen LogP contribution in [0.5, 0.6) is 0 Å². The van der Waals surface area contributed by atoms with E-state index in [1.807, 2.05) is 7.05 Å². The maximum absolute atomic E-state index is 14.5. The number of carbonyl (C=O) groups excluding carboxylic acids is 2. The van der Waals surface area contributed by atoms with Crippen LogP contribution in [0.4, 0.5) is 18.9 Å². The van der Waals surface area contributed by atoms with Crippen molar-refractivity contribution in [2.45, 2.75) is 18.9 Å². The maximum Gasteiger partial charge on any atom is 0.282 e. The lowest BCUT2D eigenvalue weighted by Crippen LogP contribution is -2.43. The number of anilines is 1. The fourth-order valence-corrected chi connectivity index (χ4v) is 4.17. The second-order valence-electron chi connectivity index (χ2n) is 7.92. The third-order valence-electron chi connectivity index (χ3n) is 5.93. The third-order valence-corrected chi connectivity index (χ3v) is 5.93. The maximum atomic E-state index is 14.5. The Kier molecular flexibility index (Phi) is 5.58. The summed E-state index contributed by atoms with van der Waals surface area (Å²) in [4.78, 5) is 31.4. The Labute approximate surface area is 178 Å². The van der Waals surface area contributed by atoms with E-state index in [1.54, 1.807) is 11.9 Å². The van der Waals surface area contributed by atoms with E-state index in [9.17, 15) is 22.8 Å². The molecule has 8 heteroatoms. The Bertz CT molecular complexity index is 1060. The molecule has 2 aliphatic heterocycles. The van der Waals surface area contributed by atoms with Gasteiger partial charge in [-0.2, -0.15) is 0 Å². The number of carbonyl (C=O) groups is 2. The molecule has 2 heterocycles. The van der Waals surface area contributed by atoms with Gasteiger partial charge >= 0.3 is 0 Å². The molecule has 0 N–H and O–H groups in total. The monoisotopic (exact) mass is 429 g/mol. The lowest BCUT2D eigenvalue weighted by Gasteiger charge is -2.36. The van der Waals surface area contributed by atoms with Crippen molar-refractivity contribution >= 4 is 23.1 Å².